The molecule has 2 aromatic carbocycles. The van der Waals surface area contributed by atoms with Gasteiger partial charge in [0.2, 0.25) is 0 Å². The van der Waals surface area contributed by atoms with E-state index in [9.17, 15) is 0 Å². The second-order valence-corrected chi connectivity index (χ2v) is 7.44. The van der Waals surface area contributed by atoms with Crippen LogP contribution < -0.4 is 0 Å². The Morgan fingerprint density at radius 2 is 1.00 bits per heavy atom. The third-order valence-corrected chi connectivity index (χ3v) is 5.61. The number of hydrogen-bond donors (Lipinski definition) is 0. The summed E-state index contributed by atoms with van der Waals surface area (Å²) < 4.78 is 0. The van der Waals surface area contributed by atoms with E-state index in [1.165, 1.54) is 29.5 Å². The molecule has 0 nitrogen and oxygen atoms in total. The summed E-state index contributed by atoms with van der Waals surface area (Å²) >= 11 is 8.89. The first-order valence-corrected chi connectivity index (χ1v) is 9.33. The maximum absolute atomic E-state index is 4.44. The molecule has 0 spiro atoms. The fourth-order valence-corrected chi connectivity index (χ4v) is 3.40. The van der Waals surface area contributed by atoms with Gasteiger partial charge in [-0.1, -0.05) is 9.83 Å². The van der Waals surface area contributed by atoms with E-state index in [-0.39, 0.29) is 21.7 Å². The van der Waals surface area contributed by atoms with Crippen molar-refractivity contribution in [1.82, 2.24) is 0 Å². The van der Waals surface area contributed by atoms with Crippen molar-refractivity contribution >= 4 is 52.8 Å². The van der Waals surface area contributed by atoms with Crippen LogP contribution in [0.15, 0.2) is 60.7 Å². The van der Waals surface area contributed by atoms with Crippen LogP contribution in [-0.2, 0) is 45.0 Å². The second-order valence-electron chi connectivity index (χ2n) is 2.13. The number of rotatable bonds is 2. The smallest absolute Gasteiger partial charge is 0.706 e. The Kier molecular flexibility index (Phi) is 22.6. The van der Waals surface area contributed by atoms with Crippen LogP contribution in [0.5, 0.6) is 0 Å². The van der Waals surface area contributed by atoms with Gasteiger partial charge in [0.15, 0.2) is 0 Å². The van der Waals surface area contributed by atoms with Crippen LogP contribution in [0.4, 0.5) is 0 Å². The molecule has 0 aliphatic carbocycles. The molecule has 0 bridgehead atoms. The van der Waals surface area contributed by atoms with Crippen LogP contribution in [0.3, 0.4) is 0 Å². The van der Waals surface area contributed by atoms with Gasteiger partial charge in [-0.25, -0.2) is 24.3 Å². The molecule has 0 aliphatic rings. The fraction of sp³-hybridized carbons (Fsp3) is 0. The van der Waals surface area contributed by atoms with E-state index in [2.05, 4.69) is 23.3 Å². The van der Waals surface area contributed by atoms with Gasteiger partial charge in [-0.15, -0.1) is 0 Å². The summed E-state index contributed by atoms with van der Waals surface area (Å²) in [6.45, 7) is 0. The second kappa shape index (κ2) is 18.5. The van der Waals surface area contributed by atoms with E-state index >= 15 is 0 Å². The quantitative estimate of drug-likeness (QED) is 0.334. The van der Waals surface area contributed by atoms with Crippen LogP contribution in [0.1, 0.15) is 0 Å². The molecular formula is C10H10S5Ti. The molecular weight excluding hydrogens is 328 g/mol. The molecule has 0 amide bonds. The van der Waals surface area contributed by atoms with Crippen LogP contribution in [0.25, 0.3) is 0 Å². The third kappa shape index (κ3) is 17.6. The van der Waals surface area contributed by atoms with Crippen LogP contribution in [0, 0.1) is 0 Å². The van der Waals surface area contributed by atoms with Gasteiger partial charge in [-0.3, -0.25) is 19.7 Å². The van der Waals surface area contributed by atoms with E-state index < -0.39 is 0 Å². The molecule has 0 aliphatic heterocycles. The topological polar surface area (TPSA) is 0 Å². The summed E-state index contributed by atoms with van der Waals surface area (Å²) in [5, 5.41) is 0. The van der Waals surface area contributed by atoms with E-state index in [4.69, 9.17) is 0 Å². The van der Waals surface area contributed by atoms with Crippen LogP contribution in [0.2, 0.25) is 0 Å². The summed E-state index contributed by atoms with van der Waals surface area (Å²) in [6.07, 6.45) is 0. The molecule has 0 unspecified atom stereocenters. The zero-order valence-corrected chi connectivity index (χ0v) is 14.0. The van der Waals surface area contributed by atoms with Gasteiger partial charge < -0.3 is 23.3 Å². The summed E-state index contributed by atoms with van der Waals surface area (Å²) in [5.74, 6) is 0. The minimum Gasteiger partial charge on any atom is -0.706 e. The molecule has 0 atom stereocenters. The molecule has 16 heavy (non-hydrogen) atoms. The van der Waals surface area contributed by atoms with Crippen molar-refractivity contribution in [3.8, 4) is 0 Å². The fourth-order valence-electron chi connectivity index (χ4n) is 0.653. The van der Waals surface area contributed by atoms with Crippen LogP contribution in [-0.4, -0.2) is 0 Å². The van der Waals surface area contributed by atoms with Crippen molar-refractivity contribution in [2.45, 2.75) is 0 Å². The van der Waals surface area contributed by atoms with Gasteiger partial charge in [0, 0.05) is 0 Å². The predicted octanol–water partition coefficient (Wildman–Crippen LogP) is 4.75. The SMILES string of the molecule is [S-]SSS[S-].[Ti+4].c1cc[cH-]c1.c1cc[cH-]c1. The molecule has 0 aromatic heterocycles. The molecule has 2 aromatic rings. The summed E-state index contributed by atoms with van der Waals surface area (Å²) in [6, 6.07) is 20.0. The number of hydrogen-bond acceptors (Lipinski definition) is 5. The van der Waals surface area contributed by atoms with Crippen molar-refractivity contribution in [2.24, 2.45) is 0 Å². The molecule has 6 heteroatoms. The molecule has 0 heterocycles. The first kappa shape index (κ1) is 19.5. The summed E-state index contributed by atoms with van der Waals surface area (Å²) in [4.78, 5) is 0. The Morgan fingerprint density at radius 3 is 1.06 bits per heavy atom. The van der Waals surface area contributed by atoms with Gasteiger partial charge in [0.25, 0.3) is 0 Å². The van der Waals surface area contributed by atoms with Gasteiger partial charge in [0.1, 0.15) is 0 Å². The zero-order chi connectivity index (χ0) is 11.2. The molecule has 0 radical (unpaired) electrons. The summed E-state index contributed by atoms with van der Waals surface area (Å²) in [5.41, 5.74) is 0. The molecule has 84 valence electrons. The van der Waals surface area contributed by atoms with E-state index in [1.54, 1.807) is 0 Å². The minimum absolute atomic E-state index is 0. The van der Waals surface area contributed by atoms with Crippen molar-refractivity contribution in [3.63, 3.8) is 0 Å². The average molecular weight is 338 g/mol. The van der Waals surface area contributed by atoms with Gasteiger partial charge in [-0.05, 0) is 0 Å². The normalized spacial score (nSPS) is 7.62. The predicted molar refractivity (Wildman–Crippen MR) is 81.6 cm³/mol. The van der Waals surface area contributed by atoms with E-state index in [1.807, 2.05) is 60.7 Å². The Morgan fingerprint density at radius 1 is 0.688 bits per heavy atom. The van der Waals surface area contributed by atoms with Gasteiger partial charge in [0.05, 0.1) is 0 Å². The minimum atomic E-state index is 0. The first-order valence-electron chi connectivity index (χ1n) is 4.00. The molecule has 0 saturated carbocycles. The Labute approximate surface area is 134 Å². The Balaban J connectivity index is 0. The standard InChI is InChI=1S/2C5H5.H2S5.Ti/c2*1-2-4-5-3-1;1-3-5-4-2;/h2*1-5H;1-2H;/q2*-1;;+4/p-2. The van der Waals surface area contributed by atoms with Gasteiger partial charge >= 0.3 is 21.7 Å². The molecule has 0 saturated heterocycles. The Hall–Kier alpha value is 1.16. The van der Waals surface area contributed by atoms with Crippen molar-refractivity contribution in [3.05, 3.63) is 60.7 Å². The first-order chi connectivity index (χ1) is 7.41. The van der Waals surface area contributed by atoms with Gasteiger partial charge in [-0.2, -0.15) is 36.4 Å². The maximum Gasteiger partial charge on any atom is 4.00 e. The van der Waals surface area contributed by atoms with Crippen molar-refractivity contribution < 1.29 is 21.7 Å². The van der Waals surface area contributed by atoms with Crippen molar-refractivity contribution in [2.75, 3.05) is 0 Å². The molecule has 0 fully saturated rings. The Bertz CT molecular complexity index is 194. The summed E-state index contributed by atoms with van der Waals surface area (Å²) in [7, 11) is 3.95. The third-order valence-electron chi connectivity index (χ3n) is 1.17. The van der Waals surface area contributed by atoms with Crippen LogP contribution >= 0.6 is 29.5 Å². The van der Waals surface area contributed by atoms with E-state index in [0.29, 0.717) is 0 Å². The zero-order valence-electron chi connectivity index (χ0n) is 8.31. The largest absolute Gasteiger partial charge is 4.00 e. The van der Waals surface area contributed by atoms with Crippen molar-refractivity contribution in [1.29, 1.82) is 0 Å². The monoisotopic (exact) mass is 338 g/mol. The van der Waals surface area contributed by atoms with E-state index in [0.717, 1.165) is 0 Å². The molecule has 2 rings (SSSR count). The molecule has 0 N–H and O–H groups in total. The average Bonchev–Trinajstić information content (AvgIpc) is 2.99. The maximum atomic E-state index is 4.44.